The largest absolute Gasteiger partial charge is 0.495 e. The van der Waals surface area contributed by atoms with Gasteiger partial charge < -0.3 is 14.5 Å². The lowest BCUT2D eigenvalue weighted by Crippen LogP contribution is -2.48. The number of piperazine rings is 1. The van der Waals surface area contributed by atoms with Gasteiger partial charge in [-0.2, -0.15) is 9.36 Å². The summed E-state index contributed by atoms with van der Waals surface area (Å²) in [4.78, 5) is 26.2. The van der Waals surface area contributed by atoms with E-state index in [9.17, 15) is 4.79 Å². The molecule has 2 aromatic heterocycles. The summed E-state index contributed by atoms with van der Waals surface area (Å²) in [6.45, 7) is 2.63. The number of anilines is 1. The Balaban J connectivity index is 1.26. The number of carbonyl (C=O) groups excluding carboxylic acids is 1. The van der Waals surface area contributed by atoms with Crippen molar-refractivity contribution in [1.29, 1.82) is 0 Å². The predicted molar refractivity (Wildman–Crippen MR) is 137 cm³/mol. The third-order valence-corrected chi connectivity index (χ3v) is 6.50. The number of amides is 1. The molecule has 0 bridgehead atoms. The Hall–Kier alpha value is -4.22. The molecule has 0 N–H and O–H groups in total. The van der Waals surface area contributed by atoms with E-state index >= 15 is 0 Å². The minimum atomic E-state index is -0.0181. The molecule has 5 rings (SSSR count). The summed E-state index contributed by atoms with van der Waals surface area (Å²) in [7, 11) is 1.60. The maximum atomic E-state index is 13.2. The van der Waals surface area contributed by atoms with Crippen LogP contribution in [0.4, 0.5) is 5.13 Å². The van der Waals surface area contributed by atoms with Crippen LogP contribution < -0.4 is 9.64 Å². The van der Waals surface area contributed by atoms with E-state index in [0.29, 0.717) is 48.7 Å². The van der Waals surface area contributed by atoms with Crippen LogP contribution in [-0.4, -0.2) is 58.4 Å². The van der Waals surface area contributed by atoms with Gasteiger partial charge in [-0.3, -0.25) is 4.79 Å². The fourth-order valence-corrected chi connectivity index (χ4v) is 4.58. The van der Waals surface area contributed by atoms with Gasteiger partial charge in [0.25, 0.3) is 5.91 Å². The van der Waals surface area contributed by atoms with Crippen LogP contribution in [0.3, 0.4) is 0 Å². The molecule has 0 aliphatic carbocycles. The molecule has 0 atom stereocenters. The first-order valence-corrected chi connectivity index (χ1v) is 12.0. The number of pyridine rings is 1. The number of hydrogen-bond donors (Lipinski definition) is 0. The monoisotopic (exact) mass is 481 g/mol. The number of hydrogen-bond acceptors (Lipinski definition) is 7. The van der Waals surface area contributed by atoms with E-state index in [-0.39, 0.29) is 5.91 Å². The van der Waals surface area contributed by atoms with Crippen LogP contribution in [-0.2, 0) is 0 Å². The minimum Gasteiger partial charge on any atom is -0.495 e. The number of methoxy groups -OCH3 is 1. The van der Waals surface area contributed by atoms with Crippen LogP contribution >= 0.6 is 11.5 Å². The third kappa shape index (κ3) is 5.15. The normalized spacial score (nSPS) is 13.2. The molecule has 0 spiro atoms. The minimum absolute atomic E-state index is 0.0181. The number of aromatic nitrogens is 3. The van der Waals surface area contributed by atoms with Gasteiger partial charge in [0.2, 0.25) is 5.13 Å². The molecular weight excluding hydrogens is 458 g/mol. The predicted octanol–water partition coefficient (Wildman–Crippen LogP) is 3.97. The standard InChI is InChI=1S/C27H23N5O2S/c1-34-24-13-11-22(19-21(24)10-12-23-9-5-6-14-28-23)26(33)31-15-17-32(18-16-31)27-29-25(30-35-27)20-7-3-2-4-8-20/h2-9,11,13-14,19H,15-18H2,1H3. The molecule has 1 aliphatic heterocycles. The van der Waals surface area contributed by atoms with Gasteiger partial charge >= 0.3 is 0 Å². The van der Waals surface area contributed by atoms with Crippen LogP contribution in [0, 0.1) is 11.8 Å². The summed E-state index contributed by atoms with van der Waals surface area (Å²) in [5.41, 5.74) is 2.91. The Morgan fingerprint density at radius 1 is 0.971 bits per heavy atom. The lowest BCUT2D eigenvalue weighted by atomic mass is 10.1. The van der Waals surface area contributed by atoms with Gasteiger partial charge in [-0.05, 0) is 36.3 Å². The summed E-state index contributed by atoms with van der Waals surface area (Å²) < 4.78 is 9.95. The molecule has 0 unspecified atom stereocenters. The summed E-state index contributed by atoms with van der Waals surface area (Å²) >= 11 is 1.39. The van der Waals surface area contributed by atoms with Crippen LogP contribution in [0.15, 0.2) is 72.9 Å². The molecule has 1 amide bonds. The Morgan fingerprint density at radius 2 is 1.77 bits per heavy atom. The van der Waals surface area contributed by atoms with E-state index in [1.807, 2.05) is 53.4 Å². The summed E-state index contributed by atoms with van der Waals surface area (Å²) in [5, 5.41) is 0.882. The highest BCUT2D eigenvalue weighted by molar-refractivity contribution is 7.09. The molecule has 35 heavy (non-hydrogen) atoms. The van der Waals surface area contributed by atoms with Crippen molar-refractivity contribution in [3.63, 3.8) is 0 Å². The smallest absolute Gasteiger partial charge is 0.254 e. The Morgan fingerprint density at radius 3 is 2.51 bits per heavy atom. The Labute approximate surface area is 208 Å². The van der Waals surface area contributed by atoms with Gasteiger partial charge in [0, 0.05) is 55.0 Å². The second-order valence-corrected chi connectivity index (χ2v) is 8.66. The zero-order valence-corrected chi connectivity index (χ0v) is 20.0. The zero-order chi connectivity index (χ0) is 24.0. The van der Waals surface area contributed by atoms with Crippen molar-refractivity contribution in [2.24, 2.45) is 0 Å². The molecule has 3 heterocycles. The summed E-state index contributed by atoms with van der Waals surface area (Å²) in [5.74, 6) is 7.47. The average molecular weight is 482 g/mol. The second-order valence-electron chi connectivity index (χ2n) is 7.93. The number of rotatable bonds is 4. The van der Waals surface area contributed by atoms with Gasteiger partial charge in [0.05, 0.1) is 12.7 Å². The number of carbonyl (C=O) groups is 1. The van der Waals surface area contributed by atoms with E-state index in [2.05, 4.69) is 26.1 Å². The molecule has 1 fully saturated rings. The molecule has 0 radical (unpaired) electrons. The molecule has 4 aromatic rings. The topological polar surface area (TPSA) is 71.5 Å². The second kappa shape index (κ2) is 10.4. The molecule has 8 heteroatoms. The third-order valence-electron chi connectivity index (χ3n) is 5.72. The van der Waals surface area contributed by atoms with Crippen LogP contribution in [0.1, 0.15) is 21.6 Å². The Bertz CT molecular complexity index is 1370. The fourth-order valence-electron chi connectivity index (χ4n) is 3.84. The van der Waals surface area contributed by atoms with Crippen molar-refractivity contribution in [2.45, 2.75) is 0 Å². The molecular formula is C27H23N5O2S. The highest BCUT2D eigenvalue weighted by Gasteiger charge is 2.24. The van der Waals surface area contributed by atoms with E-state index in [4.69, 9.17) is 9.72 Å². The van der Waals surface area contributed by atoms with E-state index < -0.39 is 0 Å². The highest BCUT2D eigenvalue weighted by atomic mass is 32.1. The van der Waals surface area contributed by atoms with Crippen LogP contribution in [0.2, 0.25) is 0 Å². The van der Waals surface area contributed by atoms with E-state index in [0.717, 1.165) is 16.5 Å². The highest BCUT2D eigenvalue weighted by Crippen LogP contribution is 2.25. The molecule has 2 aromatic carbocycles. The maximum absolute atomic E-state index is 13.2. The Kier molecular flexibility index (Phi) is 6.68. The molecule has 174 valence electrons. The van der Waals surface area contributed by atoms with E-state index in [1.54, 1.807) is 31.5 Å². The van der Waals surface area contributed by atoms with Crippen molar-refractivity contribution >= 4 is 22.6 Å². The first-order chi connectivity index (χ1) is 17.2. The van der Waals surface area contributed by atoms with Gasteiger partial charge in [-0.15, -0.1) is 0 Å². The average Bonchev–Trinajstić information content (AvgIpc) is 3.43. The van der Waals surface area contributed by atoms with Gasteiger partial charge in [0.15, 0.2) is 5.82 Å². The number of ether oxygens (including phenoxy) is 1. The SMILES string of the molecule is COc1ccc(C(=O)N2CCN(c3nc(-c4ccccc4)ns3)CC2)cc1C#Cc1ccccn1. The van der Waals surface area contributed by atoms with Crippen LogP contribution in [0.5, 0.6) is 5.75 Å². The molecule has 7 nitrogen and oxygen atoms in total. The maximum Gasteiger partial charge on any atom is 0.254 e. The van der Waals surface area contributed by atoms with Gasteiger partial charge in [-0.1, -0.05) is 42.3 Å². The lowest BCUT2D eigenvalue weighted by molar-refractivity contribution is 0.0746. The quantitative estimate of drug-likeness (QED) is 0.411. The lowest BCUT2D eigenvalue weighted by Gasteiger charge is -2.34. The molecule has 0 saturated carbocycles. The van der Waals surface area contributed by atoms with Crippen molar-refractivity contribution in [1.82, 2.24) is 19.2 Å². The first kappa shape index (κ1) is 22.6. The van der Waals surface area contributed by atoms with Crippen molar-refractivity contribution in [2.75, 3.05) is 38.2 Å². The summed E-state index contributed by atoms with van der Waals surface area (Å²) in [6, 6.07) is 20.9. The van der Waals surface area contributed by atoms with Crippen molar-refractivity contribution in [3.8, 4) is 29.0 Å². The first-order valence-electron chi connectivity index (χ1n) is 11.3. The summed E-state index contributed by atoms with van der Waals surface area (Å²) in [6.07, 6.45) is 1.70. The van der Waals surface area contributed by atoms with Gasteiger partial charge in [-0.25, -0.2) is 4.98 Å². The number of benzene rings is 2. The van der Waals surface area contributed by atoms with Crippen molar-refractivity contribution < 1.29 is 9.53 Å². The number of nitrogens with zero attached hydrogens (tertiary/aromatic N) is 5. The fraction of sp³-hybridized carbons (Fsp3) is 0.185. The van der Waals surface area contributed by atoms with Crippen molar-refractivity contribution in [3.05, 3.63) is 89.7 Å². The molecule has 1 saturated heterocycles. The van der Waals surface area contributed by atoms with Gasteiger partial charge in [0.1, 0.15) is 11.4 Å². The zero-order valence-electron chi connectivity index (χ0n) is 19.2. The van der Waals surface area contributed by atoms with Crippen LogP contribution in [0.25, 0.3) is 11.4 Å². The van der Waals surface area contributed by atoms with E-state index in [1.165, 1.54) is 11.5 Å². The molecule has 1 aliphatic rings.